The Bertz CT molecular complexity index is 618. The van der Waals surface area contributed by atoms with Gasteiger partial charge in [0.25, 0.3) is 0 Å². The molecule has 2 bridgehead atoms. The van der Waals surface area contributed by atoms with Gasteiger partial charge in [0.15, 0.2) is 0 Å². The third kappa shape index (κ3) is 5.86. The third-order valence-corrected chi connectivity index (χ3v) is 7.35. The van der Waals surface area contributed by atoms with E-state index < -0.39 is 0 Å². The van der Waals surface area contributed by atoms with Crippen molar-refractivity contribution in [3.8, 4) is 5.75 Å². The molecule has 2 aliphatic rings. The first kappa shape index (κ1) is 24.0. The van der Waals surface area contributed by atoms with Crippen LogP contribution < -0.4 is 4.74 Å². The minimum absolute atomic E-state index is 0.195. The summed E-state index contributed by atoms with van der Waals surface area (Å²) in [5, 5.41) is 0. The maximum absolute atomic E-state index is 13.1. The minimum Gasteiger partial charge on any atom is -0.497 e. The monoisotopic (exact) mass is 400 g/mol. The lowest BCUT2D eigenvalue weighted by Gasteiger charge is -2.51. The molecule has 2 fully saturated rings. The maximum Gasteiger partial charge on any atom is 0.136 e. The second-order valence-corrected chi connectivity index (χ2v) is 9.57. The molecule has 0 N–H and O–H groups in total. The zero-order chi connectivity index (χ0) is 21.4. The number of ketones is 1. The Hall–Kier alpha value is -1.31. The van der Waals surface area contributed by atoms with E-state index in [0.29, 0.717) is 23.5 Å². The molecule has 0 heterocycles. The molecule has 164 valence electrons. The molecule has 0 aromatic heterocycles. The molecule has 29 heavy (non-hydrogen) atoms. The summed E-state index contributed by atoms with van der Waals surface area (Å²) in [5.41, 5.74) is 1.61. The smallest absolute Gasteiger partial charge is 0.136 e. The molecular formula is C27H44O2. The Morgan fingerprint density at radius 1 is 1.07 bits per heavy atom. The van der Waals surface area contributed by atoms with Crippen molar-refractivity contribution in [1.29, 1.82) is 0 Å². The van der Waals surface area contributed by atoms with Crippen molar-refractivity contribution >= 4 is 5.78 Å². The van der Waals surface area contributed by atoms with Crippen LogP contribution in [-0.2, 0) is 10.2 Å². The second-order valence-electron chi connectivity index (χ2n) is 9.57. The van der Waals surface area contributed by atoms with Crippen LogP contribution in [0, 0.1) is 23.7 Å². The molecule has 2 saturated carbocycles. The minimum atomic E-state index is 0.195. The van der Waals surface area contributed by atoms with Crippen LogP contribution in [-0.4, -0.2) is 12.9 Å². The van der Waals surface area contributed by atoms with Gasteiger partial charge in [-0.15, -0.1) is 0 Å². The molecule has 0 amide bonds. The summed E-state index contributed by atoms with van der Waals surface area (Å²) in [6, 6.07) is 8.66. The van der Waals surface area contributed by atoms with Gasteiger partial charge in [0.1, 0.15) is 11.5 Å². The summed E-state index contributed by atoms with van der Waals surface area (Å²) in [6.07, 6.45) is 10.5. The average Bonchev–Trinajstić information content (AvgIpc) is 2.72. The van der Waals surface area contributed by atoms with E-state index >= 15 is 0 Å². The van der Waals surface area contributed by atoms with E-state index in [1.807, 2.05) is 13.8 Å². The van der Waals surface area contributed by atoms with Crippen molar-refractivity contribution in [2.45, 2.75) is 97.8 Å². The van der Waals surface area contributed by atoms with Crippen LogP contribution in [0.2, 0.25) is 0 Å². The molecule has 0 saturated heterocycles. The van der Waals surface area contributed by atoms with E-state index in [1.165, 1.54) is 44.1 Å². The summed E-state index contributed by atoms with van der Waals surface area (Å²) in [6.45, 7) is 11.0. The highest BCUT2D eigenvalue weighted by molar-refractivity contribution is 5.81. The van der Waals surface area contributed by atoms with Crippen LogP contribution in [0.5, 0.6) is 5.75 Å². The van der Waals surface area contributed by atoms with Crippen molar-refractivity contribution < 1.29 is 9.53 Å². The normalized spacial score (nSPS) is 30.8. The van der Waals surface area contributed by atoms with E-state index in [1.54, 1.807) is 7.11 Å². The topological polar surface area (TPSA) is 26.3 Å². The van der Waals surface area contributed by atoms with E-state index in [9.17, 15) is 4.79 Å². The van der Waals surface area contributed by atoms with Crippen molar-refractivity contribution in [3.05, 3.63) is 29.8 Å². The van der Waals surface area contributed by atoms with E-state index in [2.05, 4.69) is 45.0 Å². The highest BCUT2D eigenvalue weighted by atomic mass is 16.5. The summed E-state index contributed by atoms with van der Waals surface area (Å²) in [5.74, 6) is 3.68. The number of hydrogen-bond donors (Lipinski definition) is 0. The molecule has 1 aromatic rings. The van der Waals surface area contributed by atoms with Crippen molar-refractivity contribution in [1.82, 2.24) is 0 Å². The van der Waals surface area contributed by atoms with Crippen LogP contribution in [0.4, 0.5) is 0 Å². The quantitative estimate of drug-likeness (QED) is 0.420. The first-order valence-corrected chi connectivity index (χ1v) is 12.1. The fourth-order valence-corrected chi connectivity index (χ4v) is 6.19. The number of Topliss-reactive ketones (excluding diaryl/α,β-unsaturated/α-hetero) is 1. The molecule has 1 aromatic carbocycles. The second kappa shape index (κ2) is 11.2. The highest BCUT2D eigenvalue weighted by Crippen LogP contribution is 2.54. The Morgan fingerprint density at radius 2 is 1.76 bits per heavy atom. The number of carbonyl (C=O) groups is 1. The number of methoxy groups -OCH3 is 1. The predicted molar refractivity (Wildman–Crippen MR) is 124 cm³/mol. The molecule has 0 aliphatic heterocycles. The largest absolute Gasteiger partial charge is 0.497 e. The number of benzene rings is 1. The van der Waals surface area contributed by atoms with Gasteiger partial charge in [0.05, 0.1) is 7.11 Å². The lowest BCUT2D eigenvalue weighted by Crippen LogP contribution is -2.45. The number of hydrogen-bond acceptors (Lipinski definition) is 2. The number of rotatable bonds is 8. The van der Waals surface area contributed by atoms with Gasteiger partial charge in [-0.2, -0.15) is 0 Å². The first-order valence-electron chi connectivity index (χ1n) is 12.1. The lowest BCUT2D eigenvalue weighted by atomic mass is 9.53. The Balaban J connectivity index is 0.00000145. The van der Waals surface area contributed by atoms with Gasteiger partial charge in [-0.3, -0.25) is 4.79 Å². The van der Waals surface area contributed by atoms with E-state index in [4.69, 9.17) is 4.74 Å². The van der Waals surface area contributed by atoms with Gasteiger partial charge < -0.3 is 4.74 Å². The summed E-state index contributed by atoms with van der Waals surface area (Å²) >= 11 is 0. The summed E-state index contributed by atoms with van der Waals surface area (Å²) in [7, 11) is 1.72. The first-order chi connectivity index (χ1) is 14.0. The zero-order valence-electron chi connectivity index (χ0n) is 19.8. The SMILES string of the molecule is CC.CCCCCCC(=O)C1C(C)CC2CC1CC(C)(c1ccc(OC)cc1)C2. The maximum atomic E-state index is 13.1. The summed E-state index contributed by atoms with van der Waals surface area (Å²) < 4.78 is 5.34. The molecule has 5 atom stereocenters. The molecule has 2 aliphatic carbocycles. The van der Waals surface area contributed by atoms with Gasteiger partial charge in [0, 0.05) is 12.3 Å². The van der Waals surface area contributed by atoms with E-state index in [0.717, 1.165) is 30.9 Å². The van der Waals surface area contributed by atoms with E-state index in [-0.39, 0.29) is 5.41 Å². The number of carbonyl (C=O) groups excluding carboxylic acids is 1. The number of ether oxygens (including phenoxy) is 1. The van der Waals surface area contributed by atoms with Gasteiger partial charge in [0.2, 0.25) is 0 Å². The van der Waals surface area contributed by atoms with Gasteiger partial charge in [-0.1, -0.05) is 66.0 Å². The van der Waals surface area contributed by atoms with Crippen LogP contribution in [0.1, 0.15) is 98.0 Å². The van der Waals surface area contributed by atoms with Crippen molar-refractivity contribution in [2.75, 3.05) is 7.11 Å². The lowest BCUT2D eigenvalue weighted by molar-refractivity contribution is -0.130. The van der Waals surface area contributed by atoms with Crippen LogP contribution >= 0.6 is 0 Å². The molecule has 0 radical (unpaired) electrons. The molecule has 2 nitrogen and oxygen atoms in total. The fraction of sp³-hybridized carbons (Fsp3) is 0.741. The van der Waals surface area contributed by atoms with Gasteiger partial charge >= 0.3 is 0 Å². The fourth-order valence-electron chi connectivity index (χ4n) is 6.19. The average molecular weight is 401 g/mol. The molecule has 0 spiro atoms. The van der Waals surface area contributed by atoms with Crippen LogP contribution in [0.25, 0.3) is 0 Å². The standard InChI is InChI=1S/C25H38O2.C2H6/c1-5-6-7-8-9-23(26)24-18(2)14-19-15-20(24)17-25(3,16-19)21-10-12-22(27-4)13-11-21;1-2/h10-13,18-20,24H,5-9,14-17H2,1-4H3;1-2H3. The van der Waals surface area contributed by atoms with Crippen molar-refractivity contribution in [3.63, 3.8) is 0 Å². The molecule has 2 heteroatoms. The third-order valence-electron chi connectivity index (χ3n) is 7.35. The molecule has 3 rings (SSSR count). The molecular weight excluding hydrogens is 356 g/mol. The molecule has 5 unspecified atom stereocenters. The van der Waals surface area contributed by atoms with Crippen LogP contribution in [0.3, 0.4) is 0 Å². The predicted octanol–water partition coefficient (Wildman–Crippen LogP) is 7.59. The van der Waals surface area contributed by atoms with Crippen LogP contribution in [0.15, 0.2) is 24.3 Å². The van der Waals surface area contributed by atoms with Gasteiger partial charge in [-0.25, -0.2) is 0 Å². The number of fused-ring (bicyclic) bond motifs is 2. The van der Waals surface area contributed by atoms with Crippen molar-refractivity contribution in [2.24, 2.45) is 23.7 Å². The Kier molecular flexibility index (Phi) is 9.24. The Labute approximate surface area is 179 Å². The highest BCUT2D eigenvalue weighted by Gasteiger charge is 2.47. The van der Waals surface area contributed by atoms with Gasteiger partial charge in [-0.05, 0) is 73.0 Å². The Morgan fingerprint density at radius 3 is 2.38 bits per heavy atom. The zero-order valence-corrected chi connectivity index (χ0v) is 19.8. The summed E-state index contributed by atoms with van der Waals surface area (Å²) in [4.78, 5) is 13.1. The number of unbranched alkanes of at least 4 members (excludes halogenated alkanes) is 3.